The molecule has 11 heteroatoms. The maximum atomic E-state index is 14.6. The first-order chi connectivity index (χ1) is 20.5. The number of benzene rings is 3. The number of aliphatic carboxylic acids is 1. The Morgan fingerprint density at radius 2 is 1.77 bits per heavy atom. The molecule has 1 saturated carbocycles. The summed E-state index contributed by atoms with van der Waals surface area (Å²) in [5.41, 5.74) is 0.650. The highest BCUT2D eigenvalue weighted by Gasteiger charge is 2.54. The third kappa shape index (κ3) is 7.13. The van der Waals surface area contributed by atoms with Crippen LogP contribution in [0.2, 0.25) is 10.0 Å². The number of hydrogen-bond acceptors (Lipinski definition) is 3. The average molecular weight is 648 g/mol. The summed E-state index contributed by atoms with van der Waals surface area (Å²) in [4.78, 5) is 28.5. The van der Waals surface area contributed by atoms with Crippen LogP contribution in [0.25, 0.3) is 0 Å². The molecule has 2 fully saturated rings. The number of carboxylic acids is 1. The van der Waals surface area contributed by atoms with Crippen LogP contribution in [0, 0.1) is 17.2 Å². The van der Waals surface area contributed by atoms with Gasteiger partial charge in [-0.1, -0.05) is 72.6 Å². The van der Waals surface area contributed by atoms with Gasteiger partial charge in [-0.3, -0.25) is 14.1 Å². The first-order valence-corrected chi connectivity index (χ1v) is 15.9. The van der Waals surface area contributed by atoms with Gasteiger partial charge in [0.05, 0.1) is 17.9 Å². The van der Waals surface area contributed by atoms with Crippen LogP contribution in [-0.2, 0) is 27.4 Å². The molecule has 5 rings (SSSR count). The van der Waals surface area contributed by atoms with E-state index in [2.05, 4.69) is 0 Å². The fraction of sp³-hybridized carbons (Fsp3) is 0.375. The van der Waals surface area contributed by atoms with Crippen LogP contribution in [0.3, 0.4) is 0 Å². The minimum absolute atomic E-state index is 0.0106. The van der Waals surface area contributed by atoms with Crippen molar-refractivity contribution < 1.29 is 27.8 Å². The van der Waals surface area contributed by atoms with E-state index in [9.17, 15) is 27.8 Å². The Morgan fingerprint density at radius 1 is 1.07 bits per heavy atom. The Bertz CT molecular complexity index is 1520. The van der Waals surface area contributed by atoms with Crippen molar-refractivity contribution in [3.05, 3.63) is 105 Å². The molecule has 1 amide bonds. The lowest BCUT2D eigenvalue weighted by Gasteiger charge is -2.52. The number of piperidine rings is 1. The van der Waals surface area contributed by atoms with Gasteiger partial charge in [0.25, 0.3) is 0 Å². The van der Waals surface area contributed by atoms with E-state index in [1.165, 1.54) is 10.4 Å². The lowest BCUT2D eigenvalue weighted by atomic mass is 9.67. The first kappa shape index (κ1) is 31.6. The zero-order valence-corrected chi connectivity index (χ0v) is 25.9. The SMILES string of the molecule is CC1(CC(=O)O)CC(c2cccc(Cl)c2)C(c2ccc(Cl)cc2)N(C(CN(Cc2ccccc2F)S(=O)O)C2CC2)C1=O. The van der Waals surface area contributed by atoms with E-state index in [1.54, 1.807) is 48.2 Å². The zero-order chi connectivity index (χ0) is 30.9. The van der Waals surface area contributed by atoms with Gasteiger partial charge in [0.2, 0.25) is 17.2 Å². The summed E-state index contributed by atoms with van der Waals surface area (Å²) in [5.74, 6) is -2.25. The Hall–Kier alpha value is -2.82. The van der Waals surface area contributed by atoms with Crippen molar-refractivity contribution >= 4 is 46.3 Å². The highest BCUT2D eigenvalue weighted by atomic mass is 35.5. The average Bonchev–Trinajstić information content (AvgIpc) is 3.79. The van der Waals surface area contributed by atoms with Gasteiger partial charge in [-0.05, 0) is 66.6 Å². The highest BCUT2D eigenvalue weighted by molar-refractivity contribution is 7.76. The van der Waals surface area contributed by atoms with E-state index < -0.39 is 40.6 Å². The molecule has 0 aromatic heterocycles. The van der Waals surface area contributed by atoms with Crippen LogP contribution >= 0.6 is 23.2 Å². The maximum Gasteiger partial charge on any atom is 0.304 e. The quantitative estimate of drug-likeness (QED) is 0.217. The molecular weight excluding hydrogens is 614 g/mol. The summed E-state index contributed by atoms with van der Waals surface area (Å²) in [6.45, 7) is 1.53. The zero-order valence-electron chi connectivity index (χ0n) is 23.5. The van der Waals surface area contributed by atoms with Crippen molar-refractivity contribution in [1.82, 2.24) is 9.21 Å². The second kappa shape index (κ2) is 13.0. The van der Waals surface area contributed by atoms with Crippen molar-refractivity contribution in [2.45, 2.75) is 57.2 Å². The number of carbonyl (C=O) groups is 2. The summed E-state index contributed by atoms with van der Waals surface area (Å²) in [6.07, 6.45) is 1.47. The number of carbonyl (C=O) groups excluding carboxylic acids is 1. The van der Waals surface area contributed by atoms with Gasteiger partial charge >= 0.3 is 5.97 Å². The van der Waals surface area contributed by atoms with E-state index in [1.807, 2.05) is 30.3 Å². The Labute approximate surface area is 263 Å². The molecule has 3 aromatic carbocycles. The lowest BCUT2D eigenvalue weighted by molar-refractivity contribution is -0.161. The molecule has 1 saturated heterocycles. The number of likely N-dealkylation sites (tertiary alicyclic amines) is 1. The van der Waals surface area contributed by atoms with Crippen molar-refractivity contribution in [3.63, 3.8) is 0 Å². The maximum absolute atomic E-state index is 14.6. The second-order valence-electron chi connectivity index (χ2n) is 11.8. The van der Waals surface area contributed by atoms with Crippen molar-refractivity contribution in [2.75, 3.05) is 6.54 Å². The van der Waals surface area contributed by atoms with Crippen LogP contribution in [0.5, 0.6) is 0 Å². The van der Waals surface area contributed by atoms with Gasteiger partial charge < -0.3 is 10.0 Å². The van der Waals surface area contributed by atoms with E-state index >= 15 is 0 Å². The molecule has 0 radical (unpaired) electrons. The number of amides is 1. The van der Waals surface area contributed by atoms with Gasteiger partial charge in [0, 0.05) is 40.7 Å². The molecule has 7 nitrogen and oxygen atoms in total. The Morgan fingerprint density at radius 3 is 2.37 bits per heavy atom. The summed E-state index contributed by atoms with van der Waals surface area (Å²) < 4.78 is 38.8. The lowest BCUT2D eigenvalue weighted by Crippen LogP contribution is -2.59. The van der Waals surface area contributed by atoms with Crippen LogP contribution in [0.1, 0.15) is 61.3 Å². The van der Waals surface area contributed by atoms with Crippen LogP contribution < -0.4 is 0 Å². The number of hydrogen-bond donors (Lipinski definition) is 2. The molecule has 2 aliphatic rings. The molecule has 2 N–H and O–H groups in total. The van der Waals surface area contributed by atoms with Crippen molar-refractivity contribution in [1.29, 1.82) is 0 Å². The number of halogens is 3. The molecular formula is C32H33Cl2FN2O5S. The predicted molar refractivity (Wildman–Crippen MR) is 164 cm³/mol. The van der Waals surface area contributed by atoms with Gasteiger partial charge in [-0.25, -0.2) is 8.60 Å². The minimum Gasteiger partial charge on any atom is -0.481 e. The third-order valence-electron chi connectivity index (χ3n) is 8.57. The van der Waals surface area contributed by atoms with E-state index in [0.717, 1.165) is 24.0 Å². The predicted octanol–water partition coefficient (Wildman–Crippen LogP) is 7.09. The van der Waals surface area contributed by atoms with Crippen LogP contribution in [0.4, 0.5) is 4.39 Å². The Balaban J connectivity index is 1.64. The van der Waals surface area contributed by atoms with Gasteiger partial charge in [-0.15, -0.1) is 0 Å². The molecule has 43 heavy (non-hydrogen) atoms. The smallest absolute Gasteiger partial charge is 0.304 e. The van der Waals surface area contributed by atoms with Gasteiger partial charge in [0.1, 0.15) is 5.82 Å². The number of nitrogens with zero attached hydrogens (tertiary/aromatic N) is 2. The number of carboxylic acid groups (broad SMARTS) is 1. The van der Waals surface area contributed by atoms with Crippen LogP contribution in [-0.4, -0.2) is 47.5 Å². The van der Waals surface area contributed by atoms with Gasteiger partial charge in [-0.2, -0.15) is 4.31 Å². The highest BCUT2D eigenvalue weighted by Crippen LogP contribution is 2.54. The fourth-order valence-electron chi connectivity index (χ4n) is 6.40. The molecule has 3 aromatic rings. The standard InChI is InChI=1S/C32H33Cl2FN2O5S/c1-32(17-29(38)39)16-26(22-6-4-7-25(34)15-22)30(21-11-13-24(33)14-12-21)37(31(32)40)28(20-9-10-20)19-36(43(41)42)18-23-5-2-3-8-27(23)35/h2-8,11-15,20,26,28,30H,9-10,16-19H2,1H3,(H,38,39)(H,41,42). The summed E-state index contributed by atoms with van der Waals surface area (Å²) in [5, 5.41) is 10.9. The summed E-state index contributed by atoms with van der Waals surface area (Å²) in [7, 11) is 0. The largest absolute Gasteiger partial charge is 0.481 e. The van der Waals surface area contributed by atoms with E-state index in [-0.39, 0.29) is 49.2 Å². The topological polar surface area (TPSA) is 98.2 Å². The second-order valence-corrected chi connectivity index (χ2v) is 13.6. The molecule has 228 valence electrons. The molecule has 5 unspecified atom stereocenters. The van der Waals surface area contributed by atoms with Crippen molar-refractivity contribution in [3.8, 4) is 0 Å². The fourth-order valence-corrected chi connectivity index (χ4v) is 7.25. The van der Waals surface area contributed by atoms with E-state index in [0.29, 0.717) is 10.0 Å². The third-order valence-corrected chi connectivity index (χ3v) is 9.78. The van der Waals surface area contributed by atoms with Crippen LogP contribution in [0.15, 0.2) is 72.8 Å². The minimum atomic E-state index is -2.47. The van der Waals surface area contributed by atoms with E-state index in [4.69, 9.17) is 23.2 Å². The summed E-state index contributed by atoms with van der Waals surface area (Å²) in [6, 6.07) is 19.5. The molecule has 0 bridgehead atoms. The Kier molecular flexibility index (Phi) is 9.58. The first-order valence-electron chi connectivity index (χ1n) is 14.1. The summed E-state index contributed by atoms with van der Waals surface area (Å²) >= 11 is 10.2. The molecule has 1 aliphatic heterocycles. The normalized spacial score (nSPS) is 23.8. The van der Waals surface area contributed by atoms with Gasteiger partial charge in [0.15, 0.2) is 0 Å². The monoisotopic (exact) mass is 646 g/mol. The number of rotatable bonds is 11. The van der Waals surface area contributed by atoms with Crippen molar-refractivity contribution in [2.24, 2.45) is 11.3 Å². The molecule has 1 heterocycles. The molecule has 5 atom stereocenters. The molecule has 1 aliphatic carbocycles. The molecule has 0 spiro atoms.